The summed E-state index contributed by atoms with van der Waals surface area (Å²) < 4.78 is 0. The van der Waals surface area contributed by atoms with E-state index in [2.05, 4.69) is 15.1 Å². The number of rotatable bonds is 4. The van der Waals surface area contributed by atoms with Gasteiger partial charge >= 0.3 is 0 Å². The molecule has 1 aliphatic rings. The molecule has 0 atom stereocenters. The van der Waals surface area contributed by atoms with Crippen LogP contribution in [0, 0.1) is 0 Å². The summed E-state index contributed by atoms with van der Waals surface area (Å²) >= 11 is 0. The van der Waals surface area contributed by atoms with Gasteiger partial charge in [0.15, 0.2) is 0 Å². The molecular formula is C15H30N4O2. The monoisotopic (exact) mass is 298 g/mol. The maximum absolute atomic E-state index is 12.0. The highest BCUT2D eigenvalue weighted by atomic mass is 16.2. The molecule has 1 saturated heterocycles. The van der Waals surface area contributed by atoms with Crippen molar-refractivity contribution in [2.75, 3.05) is 53.4 Å². The second-order valence-electron chi connectivity index (χ2n) is 6.99. The lowest BCUT2D eigenvalue weighted by Crippen LogP contribution is -2.46. The molecule has 1 fully saturated rings. The minimum Gasteiger partial charge on any atom is -0.350 e. The Hall–Kier alpha value is -1.14. The molecule has 0 radical (unpaired) electrons. The molecule has 0 aromatic rings. The van der Waals surface area contributed by atoms with E-state index in [-0.39, 0.29) is 17.4 Å². The Morgan fingerprint density at radius 3 is 2.00 bits per heavy atom. The van der Waals surface area contributed by atoms with Crippen LogP contribution in [0.3, 0.4) is 0 Å². The normalized spacial score (nSPS) is 18.1. The van der Waals surface area contributed by atoms with Crippen LogP contribution in [-0.2, 0) is 9.59 Å². The third kappa shape index (κ3) is 7.43. The van der Waals surface area contributed by atoms with E-state index in [9.17, 15) is 9.59 Å². The minimum absolute atomic E-state index is 0.0697. The molecule has 0 aromatic heterocycles. The summed E-state index contributed by atoms with van der Waals surface area (Å²) in [6.45, 7) is 10.4. The summed E-state index contributed by atoms with van der Waals surface area (Å²) in [5, 5.41) is 2.99. The lowest BCUT2D eigenvalue weighted by atomic mass is 10.1. The molecule has 2 amide bonds. The molecule has 21 heavy (non-hydrogen) atoms. The number of carbonyl (C=O) groups excluding carboxylic acids is 2. The first kappa shape index (κ1) is 17.9. The standard InChI is InChI=1S/C15H30N4O2/c1-15(2,3)16-13(20)11-18-7-6-8-19(10-9-18)12-14(21)17(4)5/h6-12H2,1-5H3,(H,16,20). The number of nitrogens with zero attached hydrogens (tertiary/aromatic N) is 3. The van der Waals surface area contributed by atoms with Crippen LogP contribution in [0.25, 0.3) is 0 Å². The second kappa shape index (κ2) is 7.75. The van der Waals surface area contributed by atoms with Crippen LogP contribution in [0.4, 0.5) is 0 Å². The Morgan fingerprint density at radius 2 is 1.52 bits per heavy atom. The topological polar surface area (TPSA) is 55.9 Å². The molecule has 1 N–H and O–H groups in total. The Labute approximate surface area is 128 Å². The highest BCUT2D eigenvalue weighted by molar-refractivity contribution is 5.78. The summed E-state index contributed by atoms with van der Waals surface area (Å²) in [6, 6.07) is 0. The molecule has 1 heterocycles. The van der Waals surface area contributed by atoms with Gasteiger partial charge in [-0.2, -0.15) is 0 Å². The van der Waals surface area contributed by atoms with Crippen LogP contribution in [0.5, 0.6) is 0 Å². The SMILES string of the molecule is CN(C)C(=O)CN1CCCN(CC(=O)NC(C)(C)C)CC1. The smallest absolute Gasteiger partial charge is 0.236 e. The van der Waals surface area contributed by atoms with Crippen molar-refractivity contribution in [3.05, 3.63) is 0 Å². The number of hydrogen-bond donors (Lipinski definition) is 1. The summed E-state index contributed by atoms with van der Waals surface area (Å²) in [6.07, 6.45) is 0.990. The minimum atomic E-state index is -0.187. The van der Waals surface area contributed by atoms with Gasteiger partial charge in [0.25, 0.3) is 0 Å². The van der Waals surface area contributed by atoms with Gasteiger partial charge in [-0.15, -0.1) is 0 Å². The van der Waals surface area contributed by atoms with Crippen molar-refractivity contribution in [2.45, 2.75) is 32.7 Å². The molecule has 0 spiro atoms. The molecule has 1 rings (SSSR count). The molecule has 122 valence electrons. The first-order valence-electron chi connectivity index (χ1n) is 7.63. The van der Waals surface area contributed by atoms with Crippen molar-refractivity contribution in [1.29, 1.82) is 0 Å². The Balaban J connectivity index is 2.39. The van der Waals surface area contributed by atoms with E-state index >= 15 is 0 Å². The van der Waals surface area contributed by atoms with Gasteiger partial charge in [0, 0.05) is 32.7 Å². The number of amides is 2. The van der Waals surface area contributed by atoms with Gasteiger partial charge < -0.3 is 10.2 Å². The van der Waals surface area contributed by atoms with Crippen LogP contribution in [0.1, 0.15) is 27.2 Å². The first-order chi connectivity index (χ1) is 9.67. The van der Waals surface area contributed by atoms with Crippen LogP contribution in [0.2, 0.25) is 0 Å². The summed E-state index contributed by atoms with van der Waals surface area (Å²) in [5.41, 5.74) is -0.187. The van der Waals surface area contributed by atoms with Gasteiger partial charge in [0.2, 0.25) is 11.8 Å². The lowest BCUT2D eigenvalue weighted by molar-refractivity contribution is -0.130. The lowest BCUT2D eigenvalue weighted by Gasteiger charge is -2.25. The molecule has 1 aliphatic heterocycles. The zero-order chi connectivity index (χ0) is 16.0. The van der Waals surface area contributed by atoms with E-state index in [1.54, 1.807) is 19.0 Å². The van der Waals surface area contributed by atoms with Crippen LogP contribution in [-0.4, -0.2) is 85.4 Å². The van der Waals surface area contributed by atoms with E-state index in [4.69, 9.17) is 0 Å². The van der Waals surface area contributed by atoms with Crippen molar-refractivity contribution in [3.8, 4) is 0 Å². The van der Waals surface area contributed by atoms with Gasteiger partial charge in [0.1, 0.15) is 0 Å². The van der Waals surface area contributed by atoms with Gasteiger partial charge in [-0.05, 0) is 40.3 Å². The van der Waals surface area contributed by atoms with Gasteiger partial charge in [-0.1, -0.05) is 0 Å². The van der Waals surface area contributed by atoms with Gasteiger partial charge in [0.05, 0.1) is 13.1 Å². The average Bonchev–Trinajstić information content (AvgIpc) is 2.52. The Kier molecular flexibility index (Phi) is 6.61. The Morgan fingerprint density at radius 1 is 1.00 bits per heavy atom. The summed E-state index contributed by atoms with van der Waals surface area (Å²) in [4.78, 5) is 29.7. The fraction of sp³-hybridized carbons (Fsp3) is 0.867. The van der Waals surface area contributed by atoms with E-state index in [0.29, 0.717) is 13.1 Å². The van der Waals surface area contributed by atoms with Gasteiger partial charge in [-0.3, -0.25) is 19.4 Å². The Bertz CT molecular complexity index is 363. The largest absolute Gasteiger partial charge is 0.350 e. The highest BCUT2D eigenvalue weighted by Gasteiger charge is 2.21. The predicted molar refractivity (Wildman–Crippen MR) is 84.1 cm³/mol. The van der Waals surface area contributed by atoms with E-state index < -0.39 is 0 Å². The highest BCUT2D eigenvalue weighted by Crippen LogP contribution is 2.04. The van der Waals surface area contributed by atoms with Crippen molar-refractivity contribution in [3.63, 3.8) is 0 Å². The molecule has 6 nitrogen and oxygen atoms in total. The maximum Gasteiger partial charge on any atom is 0.236 e. The zero-order valence-corrected chi connectivity index (χ0v) is 14.1. The molecule has 0 aromatic carbocycles. The fourth-order valence-corrected chi connectivity index (χ4v) is 2.33. The summed E-state index contributed by atoms with van der Waals surface area (Å²) in [7, 11) is 3.56. The third-order valence-electron chi connectivity index (χ3n) is 3.42. The van der Waals surface area contributed by atoms with Crippen LogP contribution < -0.4 is 5.32 Å². The average molecular weight is 298 g/mol. The molecule has 0 bridgehead atoms. The number of carbonyl (C=O) groups is 2. The van der Waals surface area contributed by atoms with Crippen molar-refractivity contribution in [2.24, 2.45) is 0 Å². The maximum atomic E-state index is 12.0. The predicted octanol–water partition coefficient (Wildman–Crippen LogP) is -0.00300. The number of nitrogens with one attached hydrogen (secondary N) is 1. The van der Waals surface area contributed by atoms with E-state index in [0.717, 1.165) is 32.6 Å². The molecule has 6 heteroatoms. The molecular weight excluding hydrogens is 268 g/mol. The van der Waals surface area contributed by atoms with Crippen LogP contribution >= 0.6 is 0 Å². The zero-order valence-electron chi connectivity index (χ0n) is 14.1. The second-order valence-corrected chi connectivity index (χ2v) is 6.99. The first-order valence-corrected chi connectivity index (χ1v) is 7.63. The van der Waals surface area contributed by atoms with Gasteiger partial charge in [-0.25, -0.2) is 0 Å². The van der Waals surface area contributed by atoms with Crippen molar-refractivity contribution in [1.82, 2.24) is 20.0 Å². The van der Waals surface area contributed by atoms with Crippen molar-refractivity contribution < 1.29 is 9.59 Å². The quantitative estimate of drug-likeness (QED) is 0.793. The molecule has 0 unspecified atom stereocenters. The molecule has 0 saturated carbocycles. The van der Waals surface area contributed by atoms with Crippen LogP contribution in [0.15, 0.2) is 0 Å². The number of hydrogen-bond acceptors (Lipinski definition) is 4. The van der Waals surface area contributed by atoms with E-state index in [1.165, 1.54) is 0 Å². The number of likely N-dealkylation sites (N-methyl/N-ethyl adjacent to an activating group) is 1. The molecule has 0 aliphatic carbocycles. The van der Waals surface area contributed by atoms with E-state index in [1.807, 2.05) is 20.8 Å². The summed E-state index contributed by atoms with van der Waals surface area (Å²) in [5.74, 6) is 0.203. The third-order valence-corrected chi connectivity index (χ3v) is 3.42. The van der Waals surface area contributed by atoms with Crippen molar-refractivity contribution >= 4 is 11.8 Å². The fourth-order valence-electron chi connectivity index (χ4n) is 2.33.